The number of ether oxygens (including phenoxy) is 2. The lowest BCUT2D eigenvalue weighted by Crippen LogP contribution is -2.37. The second kappa shape index (κ2) is 53.6. The Morgan fingerprint density at radius 3 is 1.04 bits per heavy atom. The second-order valence-corrected chi connectivity index (χ2v) is 23.8. The third-order valence-corrected chi connectivity index (χ3v) is 15.0. The van der Waals surface area contributed by atoms with E-state index in [9.17, 15) is 19.0 Å². The monoisotopic (exact) mass is 1030 g/mol. The third-order valence-electron chi connectivity index (χ3n) is 14.0. The minimum absolute atomic E-state index is 0.0261. The van der Waals surface area contributed by atoms with Gasteiger partial charge in [0.05, 0.1) is 27.7 Å². The minimum Gasteiger partial charge on any atom is -0.756 e. The van der Waals surface area contributed by atoms with E-state index in [1.807, 2.05) is 21.1 Å². The Bertz CT molecular complexity index is 1210. The number of phosphoric ester groups is 1. The van der Waals surface area contributed by atoms with Gasteiger partial charge in [-0.25, -0.2) is 0 Å². The lowest BCUT2D eigenvalue weighted by atomic mass is 10.0. The van der Waals surface area contributed by atoms with Crippen LogP contribution in [0.5, 0.6) is 0 Å². The largest absolute Gasteiger partial charge is 0.756 e. The number of allylic oxidation sites excluding steroid dienone is 2. The maximum absolute atomic E-state index is 12.8. The highest BCUT2D eigenvalue weighted by atomic mass is 31.2. The Morgan fingerprint density at radius 1 is 0.423 bits per heavy atom. The average molecular weight is 1030 g/mol. The van der Waals surface area contributed by atoms with Crippen molar-refractivity contribution in [3.63, 3.8) is 0 Å². The smallest absolute Gasteiger partial charge is 0.306 e. The first-order chi connectivity index (χ1) is 34.5. The maximum Gasteiger partial charge on any atom is 0.306 e. The van der Waals surface area contributed by atoms with Crippen LogP contribution in [-0.4, -0.2) is 70.0 Å². The number of nitrogens with zero attached hydrogens (tertiary/aromatic N) is 1. The van der Waals surface area contributed by atoms with Crippen LogP contribution in [0.15, 0.2) is 12.2 Å². The van der Waals surface area contributed by atoms with Gasteiger partial charge in [0.1, 0.15) is 19.8 Å². The SMILES string of the molecule is CCCCCCCCCC/C=C\CCCCCCCCCCCCCCCCCCCCCC(=O)OC(COC(=O)CCCCCCCCCCCCCCCCCC)COP(=O)([O-])OCC[N+](C)(C)C. The standard InChI is InChI=1S/C61H120NO8P/c1-6-8-10-12-14-16-18-20-22-24-25-26-27-28-29-30-31-32-33-34-35-36-37-38-40-42-44-46-48-50-52-54-61(64)70-59(58-69-71(65,66)68-56-55-62(3,4)5)57-67-60(63)53-51-49-47-45-43-41-39-23-21-19-17-15-13-11-9-7-2/h24-25,59H,6-23,26-58H2,1-5H3/b25-24-. The van der Waals surface area contributed by atoms with Crippen molar-refractivity contribution < 1.29 is 42.1 Å². The van der Waals surface area contributed by atoms with Crippen LogP contribution in [-0.2, 0) is 32.7 Å². The normalized spacial score (nSPS) is 13.3. The van der Waals surface area contributed by atoms with Crippen molar-refractivity contribution in [1.29, 1.82) is 0 Å². The van der Waals surface area contributed by atoms with E-state index in [0.717, 1.165) is 32.1 Å². The van der Waals surface area contributed by atoms with Crippen molar-refractivity contribution in [3.8, 4) is 0 Å². The summed E-state index contributed by atoms with van der Waals surface area (Å²) in [6, 6.07) is 0. The lowest BCUT2D eigenvalue weighted by molar-refractivity contribution is -0.870. The Balaban J connectivity index is 4.00. The molecule has 0 fully saturated rings. The zero-order valence-electron chi connectivity index (χ0n) is 48.0. The van der Waals surface area contributed by atoms with Crippen molar-refractivity contribution >= 4 is 19.8 Å². The molecule has 0 aromatic heterocycles. The van der Waals surface area contributed by atoms with Gasteiger partial charge in [0, 0.05) is 12.8 Å². The molecule has 0 bridgehead atoms. The molecule has 0 aromatic carbocycles. The molecule has 0 aliphatic carbocycles. The summed E-state index contributed by atoms with van der Waals surface area (Å²) in [4.78, 5) is 37.9. The zero-order chi connectivity index (χ0) is 52.0. The van der Waals surface area contributed by atoms with Gasteiger partial charge < -0.3 is 27.9 Å². The molecule has 9 nitrogen and oxygen atoms in total. The summed E-state index contributed by atoms with van der Waals surface area (Å²) in [5.41, 5.74) is 0. The third kappa shape index (κ3) is 57.9. The number of hydrogen-bond donors (Lipinski definition) is 0. The molecule has 2 unspecified atom stereocenters. The van der Waals surface area contributed by atoms with Gasteiger partial charge in [0.2, 0.25) is 0 Å². The van der Waals surface area contributed by atoms with Crippen LogP contribution in [0.2, 0.25) is 0 Å². The van der Waals surface area contributed by atoms with E-state index in [4.69, 9.17) is 18.5 Å². The van der Waals surface area contributed by atoms with Crippen LogP contribution in [0, 0.1) is 0 Å². The van der Waals surface area contributed by atoms with Crippen LogP contribution in [0.4, 0.5) is 0 Å². The number of carbonyl (C=O) groups is 2. The Hall–Kier alpha value is -1.25. The predicted octanol–water partition coefficient (Wildman–Crippen LogP) is 18.6. The molecule has 10 heteroatoms. The maximum atomic E-state index is 12.8. The van der Waals surface area contributed by atoms with E-state index >= 15 is 0 Å². The molecule has 0 amide bonds. The van der Waals surface area contributed by atoms with E-state index < -0.39 is 26.5 Å². The quantitative estimate of drug-likeness (QED) is 0.0195. The van der Waals surface area contributed by atoms with Gasteiger partial charge in [-0.05, 0) is 38.5 Å². The molecule has 71 heavy (non-hydrogen) atoms. The number of quaternary nitrogens is 1. The molecular formula is C61H120NO8P. The number of carbonyl (C=O) groups excluding carboxylic acids is 2. The topological polar surface area (TPSA) is 111 Å². The van der Waals surface area contributed by atoms with Crippen molar-refractivity contribution in [2.75, 3.05) is 47.5 Å². The summed E-state index contributed by atoms with van der Waals surface area (Å²) in [6.07, 6.45) is 62.7. The zero-order valence-corrected chi connectivity index (χ0v) is 48.8. The molecular weight excluding hydrogens is 906 g/mol. The number of phosphoric acid groups is 1. The van der Waals surface area contributed by atoms with Crippen LogP contribution < -0.4 is 4.89 Å². The molecule has 0 aliphatic rings. The number of likely N-dealkylation sites (N-methyl/N-ethyl adjacent to an activating group) is 1. The average Bonchev–Trinajstić information content (AvgIpc) is 3.33. The lowest BCUT2D eigenvalue weighted by Gasteiger charge is -2.28. The molecule has 0 saturated heterocycles. The molecule has 0 N–H and O–H groups in total. The van der Waals surface area contributed by atoms with E-state index in [2.05, 4.69) is 26.0 Å². The van der Waals surface area contributed by atoms with Crippen LogP contribution in [0.25, 0.3) is 0 Å². The first-order valence-electron chi connectivity index (χ1n) is 30.9. The molecule has 0 radical (unpaired) electrons. The van der Waals surface area contributed by atoms with Crippen LogP contribution in [0.1, 0.15) is 316 Å². The summed E-state index contributed by atoms with van der Waals surface area (Å²) in [6.45, 7) is 4.30. The fourth-order valence-corrected chi connectivity index (χ4v) is 9.97. The molecule has 0 aliphatic heterocycles. The fraction of sp³-hybridized carbons (Fsp3) is 0.934. The van der Waals surface area contributed by atoms with Gasteiger partial charge in [0.15, 0.2) is 6.10 Å². The summed E-state index contributed by atoms with van der Waals surface area (Å²) in [7, 11) is 1.19. The number of unbranched alkanes of at least 4 members (excludes halogenated alkanes) is 42. The Labute approximate surface area is 441 Å². The highest BCUT2D eigenvalue weighted by Gasteiger charge is 2.22. The summed E-state index contributed by atoms with van der Waals surface area (Å²) in [5, 5.41) is 0. The van der Waals surface area contributed by atoms with Gasteiger partial charge in [-0.15, -0.1) is 0 Å². The summed E-state index contributed by atoms with van der Waals surface area (Å²) >= 11 is 0. The number of esters is 2. The molecule has 0 rings (SSSR count). The number of hydrogen-bond acceptors (Lipinski definition) is 8. The fourth-order valence-electron chi connectivity index (χ4n) is 9.24. The predicted molar refractivity (Wildman–Crippen MR) is 301 cm³/mol. The van der Waals surface area contributed by atoms with Gasteiger partial charge >= 0.3 is 11.9 Å². The minimum atomic E-state index is -4.63. The van der Waals surface area contributed by atoms with Crippen molar-refractivity contribution in [2.45, 2.75) is 322 Å². The first kappa shape index (κ1) is 69.8. The van der Waals surface area contributed by atoms with Gasteiger partial charge in [-0.3, -0.25) is 14.2 Å². The molecule has 0 saturated carbocycles. The van der Waals surface area contributed by atoms with Crippen LogP contribution >= 0.6 is 7.82 Å². The molecule has 0 aromatic rings. The summed E-state index contributed by atoms with van der Waals surface area (Å²) in [5.74, 6) is -0.812. The highest BCUT2D eigenvalue weighted by molar-refractivity contribution is 7.45. The van der Waals surface area contributed by atoms with Gasteiger partial charge in [0.25, 0.3) is 7.82 Å². The van der Waals surface area contributed by atoms with E-state index in [1.54, 1.807) is 0 Å². The second-order valence-electron chi connectivity index (χ2n) is 22.4. The molecule has 0 spiro atoms. The molecule has 2 atom stereocenters. The van der Waals surface area contributed by atoms with Crippen molar-refractivity contribution in [2.24, 2.45) is 0 Å². The van der Waals surface area contributed by atoms with Crippen LogP contribution in [0.3, 0.4) is 0 Å². The van der Waals surface area contributed by atoms with Crippen molar-refractivity contribution in [3.05, 3.63) is 12.2 Å². The Kier molecular flexibility index (Phi) is 52.6. The first-order valence-corrected chi connectivity index (χ1v) is 32.4. The van der Waals surface area contributed by atoms with E-state index in [1.165, 1.54) is 250 Å². The van der Waals surface area contributed by atoms with Crippen molar-refractivity contribution in [1.82, 2.24) is 0 Å². The van der Waals surface area contributed by atoms with Gasteiger partial charge in [-0.1, -0.05) is 276 Å². The Morgan fingerprint density at radius 2 is 0.718 bits per heavy atom. The molecule has 422 valence electrons. The highest BCUT2D eigenvalue weighted by Crippen LogP contribution is 2.38. The van der Waals surface area contributed by atoms with E-state index in [-0.39, 0.29) is 32.0 Å². The molecule has 0 heterocycles. The van der Waals surface area contributed by atoms with Gasteiger partial charge in [-0.2, -0.15) is 0 Å². The van der Waals surface area contributed by atoms with E-state index in [0.29, 0.717) is 17.4 Å². The number of rotatable bonds is 58. The summed E-state index contributed by atoms with van der Waals surface area (Å²) < 4.78 is 34.2.